The molecule has 0 aliphatic rings. The van der Waals surface area contributed by atoms with E-state index in [9.17, 15) is 4.79 Å². The Morgan fingerprint density at radius 3 is 2.53 bits per heavy atom. The van der Waals surface area contributed by atoms with Gasteiger partial charge in [-0.25, -0.2) is 4.79 Å². The molecule has 4 nitrogen and oxygen atoms in total. The molecule has 0 saturated heterocycles. The number of rotatable bonds is 2. The lowest BCUT2D eigenvalue weighted by atomic mass is 10.1. The molecule has 0 fully saturated rings. The Kier molecular flexibility index (Phi) is 2.90. The zero-order chi connectivity index (χ0) is 13.1. The van der Waals surface area contributed by atoms with Crippen LogP contribution in [0.4, 0.5) is 16.4 Å². The average Bonchev–Trinajstić information content (AvgIpc) is 2.91. The number of carbonyl (C=O) groups is 1. The van der Waals surface area contributed by atoms with E-state index in [-0.39, 0.29) is 6.03 Å². The van der Waals surface area contributed by atoms with Crippen molar-refractivity contribution >= 4 is 28.4 Å². The molecule has 0 unspecified atom stereocenters. The molecular formula is C15H12N2O2. The number of carbonyl (C=O) groups excluding carboxylic acids is 1. The highest BCUT2D eigenvalue weighted by molar-refractivity contribution is 6.00. The number of benzene rings is 2. The number of fused-ring (bicyclic) bond motifs is 1. The number of amides is 2. The topological polar surface area (TPSA) is 54.3 Å². The van der Waals surface area contributed by atoms with E-state index in [0.717, 1.165) is 16.5 Å². The molecule has 2 N–H and O–H groups in total. The standard InChI is InChI=1S/C15H12N2O2/c18-15(17-14-6-3-9-19-14)16-13-8-7-11-4-1-2-5-12(11)10-13/h1-10H,(H2,16,17,18). The first-order valence-electron chi connectivity index (χ1n) is 5.91. The Labute approximate surface area is 110 Å². The summed E-state index contributed by atoms with van der Waals surface area (Å²) in [6.07, 6.45) is 1.51. The lowest BCUT2D eigenvalue weighted by Gasteiger charge is -2.06. The normalized spacial score (nSPS) is 10.3. The van der Waals surface area contributed by atoms with Gasteiger partial charge in [-0.1, -0.05) is 30.3 Å². The molecule has 3 aromatic rings. The molecule has 2 amide bonds. The maximum Gasteiger partial charge on any atom is 0.326 e. The van der Waals surface area contributed by atoms with Gasteiger partial charge in [-0.2, -0.15) is 0 Å². The van der Waals surface area contributed by atoms with Crippen molar-refractivity contribution in [3.8, 4) is 0 Å². The Morgan fingerprint density at radius 1 is 0.895 bits per heavy atom. The number of anilines is 2. The van der Waals surface area contributed by atoms with Crippen molar-refractivity contribution in [1.82, 2.24) is 0 Å². The number of hydrogen-bond donors (Lipinski definition) is 2. The molecule has 1 heterocycles. The molecule has 19 heavy (non-hydrogen) atoms. The number of hydrogen-bond acceptors (Lipinski definition) is 2. The van der Waals surface area contributed by atoms with Crippen LogP contribution in [0.2, 0.25) is 0 Å². The second kappa shape index (κ2) is 4.86. The SMILES string of the molecule is O=C(Nc1ccc2ccccc2c1)Nc1ccco1. The van der Waals surface area contributed by atoms with Gasteiger partial charge in [-0.05, 0) is 29.0 Å². The van der Waals surface area contributed by atoms with Gasteiger partial charge in [0.2, 0.25) is 5.88 Å². The van der Waals surface area contributed by atoms with E-state index >= 15 is 0 Å². The first-order chi connectivity index (χ1) is 9.31. The molecular weight excluding hydrogens is 240 g/mol. The highest BCUT2D eigenvalue weighted by Crippen LogP contribution is 2.19. The van der Waals surface area contributed by atoms with Crippen molar-refractivity contribution in [2.45, 2.75) is 0 Å². The fourth-order valence-corrected chi connectivity index (χ4v) is 1.89. The van der Waals surface area contributed by atoms with Gasteiger partial charge in [0.15, 0.2) is 0 Å². The highest BCUT2D eigenvalue weighted by Gasteiger charge is 2.04. The van der Waals surface area contributed by atoms with Gasteiger partial charge in [-0.15, -0.1) is 0 Å². The maximum absolute atomic E-state index is 11.7. The largest absolute Gasteiger partial charge is 0.449 e. The highest BCUT2D eigenvalue weighted by atomic mass is 16.3. The van der Waals surface area contributed by atoms with Crippen LogP contribution in [-0.2, 0) is 0 Å². The van der Waals surface area contributed by atoms with Crippen LogP contribution in [0.3, 0.4) is 0 Å². The van der Waals surface area contributed by atoms with E-state index < -0.39 is 0 Å². The lowest BCUT2D eigenvalue weighted by Crippen LogP contribution is -2.18. The van der Waals surface area contributed by atoms with Crippen molar-refractivity contribution < 1.29 is 9.21 Å². The quantitative estimate of drug-likeness (QED) is 0.722. The van der Waals surface area contributed by atoms with Crippen LogP contribution in [0, 0.1) is 0 Å². The second-order valence-corrected chi connectivity index (χ2v) is 4.12. The van der Waals surface area contributed by atoms with Gasteiger partial charge < -0.3 is 9.73 Å². The third-order valence-electron chi connectivity index (χ3n) is 2.77. The lowest BCUT2D eigenvalue weighted by molar-refractivity contribution is 0.261. The zero-order valence-corrected chi connectivity index (χ0v) is 10.1. The van der Waals surface area contributed by atoms with Crippen LogP contribution in [0.15, 0.2) is 65.3 Å². The summed E-state index contributed by atoms with van der Waals surface area (Å²) < 4.78 is 5.04. The minimum absolute atomic E-state index is 0.328. The minimum atomic E-state index is -0.328. The molecule has 0 aliphatic heterocycles. The number of urea groups is 1. The van der Waals surface area contributed by atoms with E-state index in [1.165, 1.54) is 6.26 Å². The summed E-state index contributed by atoms with van der Waals surface area (Å²) in [5.74, 6) is 0.415. The molecule has 4 heteroatoms. The third-order valence-corrected chi connectivity index (χ3v) is 2.77. The molecule has 2 aromatic carbocycles. The van der Waals surface area contributed by atoms with Crippen molar-refractivity contribution in [3.63, 3.8) is 0 Å². The van der Waals surface area contributed by atoms with Crippen molar-refractivity contribution in [2.75, 3.05) is 10.6 Å². The second-order valence-electron chi connectivity index (χ2n) is 4.12. The van der Waals surface area contributed by atoms with Crippen LogP contribution in [-0.4, -0.2) is 6.03 Å². The van der Waals surface area contributed by atoms with E-state index in [1.807, 2.05) is 42.5 Å². The first kappa shape index (κ1) is 11.3. The summed E-state index contributed by atoms with van der Waals surface area (Å²) in [6, 6.07) is 16.8. The zero-order valence-electron chi connectivity index (χ0n) is 10.1. The van der Waals surface area contributed by atoms with Crippen LogP contribution in [0.5, 0.6) is 0 Å². The Bertz CT molecular complexity index is 705. The van der Waals surface area contributed by atoms with Gasteiger partial charge in [-0.3, -0.25) is 5.32 Å². The summed E-state index contributed by atoms with van der Waals surface area (Å²) >= 11 is 0. The van der Waals surface area contributed by atoms with E-state index in [2.05, 4.69) is 10.6 Å². The third kappa shape index (κ3) is 2.57. The molecule has 0 aliphatic carbocycles. The number of nitrogens with one attached hydrogen (secondary N) is 2. The van der Waals surface area contributed by atoms with Gasteiger partial charge >= 0.3 is 6.03 Å². The summed E-state index contributed by atoms with van der Waals surface area (Å²) in [4.78, 5) is 11.7. The van der Waals surface area contributed by atoms with Crippen molar-refractivity contribution in [2.24, 2.45) is 0 Å². The van der Waals surface area contributed by atoms with Crippen LogP contribution in [0.1, 0.15) is 0 Å². The molecule has 0 radical (unpaired) electrons. The van der Waals surface area contributed by atoms with Crippen LogP contribution < -0.4 is 10.6 Å². The Balaban J connectivity index is 1.75. The molecule has 0 atom stereocenters. The van der Waals surface area contributed by atoms with Gasteiger partial charge in [0, 0.05) is 11.8 Å². The molecule has 0 bridgehead atoms. The first-order valence-corrected chi connectivity index (χ1v) is 5.91. The van der Waals surface area contributed by atoms with E-state index in [4.69, 9.17) is 4.42 Å². The average molecular weight is 252 g/mol. The van der Waals surface area contributed by atoms with E-state index in [1.54, 1.807) is 12.1 Å². The fourth-order valence-electron chi connectivity index (χ4n) is 1.89. The molecule has 3 rings (SSSR count). The summed E-state index contributed by atoms with van der Waals surface area (Å²) in [6.45, 7) is 0. The van der Waals surface area contributed by atoms with Crippen LogP contribution in [0.25, 0.3) is 10.8 Å². The molecule has 1 aromatic heterocycles. The summed E-state index contributed by atoms with van der Waals surface area (Å²) in [5, 5.41) is 7.58. The Morgan fingerprint density at radius 2 is 1.74 bits per heavy atom. The summed E-state index contributed by atoms with van der Waals surface area (Å²) in [5.41, 5.74) is 0.739. The molecule has 94 valence electrons. The van der Waals surface area contributed by atoms with Crippen molar-refractivity contribution in [3.05, 3.63) is 60.9 Å². The van der Waals surface area contributed by atoms with Crippen LogP contribution >= 0.6 is 0 Å². The smallest absolute Gasteiger partial charge is 0.326 e. The maximum atomic E-state index is 11.7. The Hall–Kier alpha value is -2.75. The van der Waals surface area contributed by atoms with Gasteiger partial charge in [0.1, 0.15) is 0 Å². The van der Waals surface area contributed by atoms with Crippen molar-refractivity contribution in [1.29, 1.82) is 0 Å². The minimum Gasteiger partial charge on any atom is -0.449 e. The predicted octanol–water partition coefficient (Wildman–Crippen LogP) is 4.08. The molecule has 0 spiro atoms. The monoisotopic (exact) mass is 252 g/mol. The fraction of sp³-hybridized carbons (Fsp3) is 0. The predicted molar refractivity (Wildman–Crippen MR) is 75.3 cm³/mol. The number of furan rings is 1. The van der Waals surface area contributed by atoms with E-state index in [0.29, 0.717) is 5.88 Å². The summed E-state index contributed by atoms with van der Waals surface area (Å²) in [7, 11) is 0. The van der Waals surface area contributed by atoms with Gasteiger partial charge in [0.25, 0.3) is 0 Å². The van der Waals surface area contributed by atoms with Gasteiger partial charge in [0.05, 0.1) is 6.26 Å². The molecule has 0 saturated carbocycles.